The molecule has 2 aromatic rings. The van der Waals surface area contributed by atoms with Crippen molar-refractivity contribution in [1.29, 1.82) is 0 Å². The van der Waals surface area contributed by atoms with Gasteiger partial charge in [-0.25, -0.2) is 0 Å². The maximum atomic E-state index is 12.0. The van der Waals surface area contributed by atoms with Gasteiger partial charge in [0, 0.05) is 18.0 Å². The van der Waals surface area contributed by atoms with Crippen LogP contribution in [0.5, 0.6) is 0 Å². The van der Waals surface area contributed by atoms with Crippen LogP contribution in [0, 0.1) is 0 Å². The zero-order valence-corrected chi connectivity index (χ0v) is 14.8. The van der Waals surface area contributed by atoms with Crippen molar-refractivity contribution in [2.24, 2.45) is 11.5 Å². The topological polar surface area (TPSA) is 136 Å². The molecule has 0 aromatic heterocycles. The molecule has 0 aliphatic heterocycles. The Labute approximate surface area is 157 Å². The van der Waals surface area contributed by atoms with E-state index in [4.69, 9.17) is 11.5 Å². The largest absolute Gasteiger partial charge is 0.366 e. The molecule has 0 spiro atoms. The van der Waals surface area contributed by atoms with E-state index >= 15 is 0 Å². The number of aldehydes is 2. The fourth-order valence-electron chi connectivity index (χ4n) is 3.16. The molecule has 6 N–H and O–H groups in total. The molecule has 2 aromatic carbocycles. The molecule has 142 valence electrons. The van der Waals surface area contributed by atoms with Crippen molar-refractivity contribution in [3.05, 3.63) is 59.2 Å². The molecule has 27 heavy (non-hydrogen) atoms. The number of carbonyl (C=O) groups is 3. The molecular weight excluding hydrogens is 346 g/mol. The second-order valence-electron chi connectivity index (χ2n) is 6.17. The SMILES string of the molecule is NC(=O)c1ccc(C(C=O)NO)c(-c2ccccc2)c1C(N)CCCC=O. The first kappa shape index (κ1) is 20.4. The monoisotopic (exact) mass is 369 g/mol. The molecular formula is C20H23N3O4. The summed E-state index contributed by atoms with van der Waals surface area (Å²) in [6.07, 6.45) is 2.74. The Morgan fingerprint density at radius 3 is 2.41 bits per heavy atom. The van der Waals surface area contributed by atoms with Gasteiger partial charge in [0.2, 0.25) is 5.91 Å². The van der Waals surface area contributed by atoms with Crippen LogP contribution in [0.25, 0.3) is 11.1 Å². The van der Waals surface area contributed by atoms with Gasteiger partial charge in [0.05, 0.1) is 0 Å². The van der Waals surface area contributed by atoms with Gasteiger partial charge in [0.25, 0.3) is 0 Å². The predicted octanol–water partition coefficient (Wildman–Crippen LogP) is 2.04. The van der Waals surface area contributed by atoms with Crippen LogP contribution >= 0.6 is 0 Å². The van der Waals surface area contributed by atoms with Crippen molar-refractivity contribution < 1.29 is 19.6 Å². The summed E-state index contributed by atoms with van der Waals surface area (Å²) in [5.74, 6) is -0.640. The minimum absolute atomic E-state index is 0.249. The summed E-state index contributed by atoms with van der Waals surface area (Å²) in [5, 5.41) is 9.39. The van der Waals surface area contributed by atoms with Crippen molar-refractivity contribution in [2.75, 3.05) is 0 Å². The molecule has 7 nitrogen and oxygen atoms in total. The molecule has 0 saturated carbocycles. The van der Waals surface area contributed by atoms with Crippen LogP contribution in [0.15, 0.2) is 42.5 Å². The number of primary amides is 1. The first-order chi connectivity index (χ1) is 13.0. The van der Waals surface area contributed by atoms with Crippen LogP contribution in [-0.2, 0) is 9.59 Å². The second kappa shape index (κ2) is 9.72. The van der Waals surface area contributed by atoms with E-state index in [1.165, 1.54) is 6.07 Å². The molecule has 0 aliphatic carbocycles. The van der Waals surface area contributed by atoms with E-state index in [0.717, 1.165) is 11.8 Å². The van der Waals surface area contributed by atoms with E-state index in [0.29, 0.717) is 42.2 Å². The first-order valence-corrected chi connectivity index (χ1v) is 8.61. The summed E-state index contributed by atoms with van der Waals surface area (Å²) in [6, 6.07) is 10.6. The minimum Gasteiger partial charge on any atom is -0.366 e. The lowest BCUT2D eigenvalue weighted by atomic mass is 9.83. The van der Waals surface area contributed by atoms with Gasteiger partial charge in [-0.15, -0.1) is 0 Å². The highest BCUT2D eigenvalue weighted by Gasteiger charge is 2.25. The Morgan fingerprint density at radius 2 is 1.85 bits per heavy atom. The Bertz CT molecular complexity index is 808. The number of nitrogens with one attached hydrogen (secondary N) is 1. The van der Waals surface area contributed by atoms with E-state index in [1.807, 2.05) is 35.8 Å². The molecule has 0 radical (unpaired) electrons. The number of hydrogen-bond donors (Lipinski definition) is 4. The number of amides is 1. The third-order valence-corrected chi connectivity index (χ3v) is 4.42. The molecule has 2 unspecified atom stereocenters. The van der Waals surface area contributed by atoms with Crippen LogP contribution < -0.4 is 16.9 Å². The quantitative estimate of drug-likeness (QED) is 0.287. The molecule has 1 amide bonds. The summed E-state index contributed by atoms with van der Waals surface area (Å²) < 4.78 is 0. The van der Waals surface area contributed by atoms with Gasteiger partial charge in [-0.2, -0.15) is 5.48 Å². The van der Waals surface area contributed by atoms with Gasteiger partial charge in [0.1, 0.15) is 18.6 Å². The maximum Gasteiger partial charge on any atom is 0.249 e. The van der Waals surface area contributed by atoms with E-state index in [2.05, 4.69) is 0 Å². The van der Waals surface area contributed by atoms with Gasteiger partial charge >= 0.3 is 0 Å². The highest BCUT2D eigenvalue weighted by atomic mass is 16.5. The van der Waals surface area contributed by atoms with Gasteiger partial charge in [-0.1, -0.05) is 36.4 Å². The van der Waals surface area contributed by atoms with Crippen LogP contribution in [0.1, 0.15) is 52.8 Å². The normalized spacial score (nSPS) is 13.0. The van der Waals surface area contributed by atoms with E-state index in [-0.39, 0.29) is 5.56 Å². The number of unbranched alkanes of at least 4 members (excludes halogenated alkanes) is 1. The third kappa shape index (κ3) is 4.65. The zero-order chi connectivity index (χ0) is 19.8. The Hall–Kier alpha value is -2.87. The number of hydrogen-bond acceptors (Lipinski definition) is 6. The van der Waals surface area contributed by atoms with E-state index < -0.39 is 18.0 Å². The maximum absolute atomic E-state index is 12.0. The number of nitrogens with two attached hydrogens (primary N) is 2. The molecule has 0 heterocycles. The summed E-state index contributed by atoms with van der Waals surface area (Å²) in [7, 11) is 0. The summed E-state index contributed by atoms with van der Waals surface area (Å²) in [5.41, 5.74) is 16.4. The smallest absolute Gasteiger partial charge is 0.249 e. The van der Waals surface area contributed by atoms with Gasteiger partial charge in [0.15, 0.2) is 0 Å². The fraction of sp³-hybridized carbons (Fsp3) is 0.250. The molecule has 2 atom stereocenters. The lowest BCUT2D eigenvalue weighted by Crippen LogP contribution is -2.24. The minimum atomic E-state index is -0.997. The van der Waals surface area contributed by atoms with Crippen LogP contribution in [0.2, 0.25) is 0 Å². The third-order valence-electron chi connectivity index (χ3n) is 4.42. The average Bonchev–Trinajstić information content (AvgIpc) is 2.69. The first-order valence-electron chi connectivity index (χ1n) is 8.61. The Morgan fingerprint density at radius 1 is 1.15 bits per heavy atom. The lowest BCUT2D eigenvalue weighted by Gasteiger charge is -2.24. The van der Waals surface area contributed by atoms with Crippen molar-refractivity contribution in [1.82, 2.24) is 5.48 Å². The van der Waals surface area contributed by atoms with Crippen LogP contribution in [0.4, 0.5) is 0 Å². The highest BCUT2D eigenvalue weighted by Crippen LogP contribution is 2.37. The standard InChI is InChI=1S/C20H23N3O4/c21-16(8-4-5-11-24)19-15(20(22)26)10-9-14(17(12-25)23-27)18(19)13-6-2-1-3-7-13/h1-3,6-7,9-12,16-17,23,27H,4-5,8,21H2,(H2,22,26). The van der Waals surface area contributed by atoms with E-state index in [9.17, 15) is 19.6 Å². The van der Waals surface area contributed by atoms with Crippen molar-refractivity contribution in [2.45, 2.75) is 31.3 Å². The Balaban J connectivity index is 2.75. The fourth-order valence-corrected chi connectivity index (χ4v) is 3.16. The highest BCUT2D eigenvalue weighted by molar-refractivity contribution is 5.97. The Kier molecular flexibility index (Phi) is 7.36. The summed E-state index contributed by atoms with van der Waals surface area (Å²) in [6.45, 7) is 0. The van der Waals surface area contributed by atoms with Crippen LogP contribution in [0.3, 0.4) is 0 Å². The zero-order valence-electron chi connectivity index (χ0n) is 14.8. The summed E-state index contributed by atoms with van der Waals surface area (Å²) >= 11 is 0. The molecule has 0 fully saturated rings. The number of hydroxylamine groups is 1. The molecule has 2 rings (SSSR count). The average molecular weight is 369 g/mol. The number of benzene rings is 2. The van der Waals surface area contributed by atoms with Gasteiger partial charge < -0.3 is 26.3 Å². The lowest BCUT2D eigenvalue weighted by molar-refractivity contribution is -0.112. The van der Waals surface area contributed by atoms with Crippen molar-refractivity contribution in [3.63, 3.8) is 0 Å². The second-order valence-corrected chi connectivity index (χ2v) is 6.17. The van der Waals surface area contributed by atoms with Gasteiger partial charge in [-0.05, 0) is 41.2 Å². The molecule has 0 saturated heterocycles. The molecule has 0 aliphatic rings. The van der Waals surface area contributed by atoms with Crippen LogP contribution in [-0.4, -0.2) is 23.7 Å². The number of carbonyl (C=O) groups excluding carboxylic acids is 3. The number of rotatable bonds is 10. The van der Waals surface area contributed by atoms with E-state index in [1.54, 1.807) is 6.07 Å². The predicted molar refractivity (Wildman–Crippen MR) is 101 cm³/mol. The van der Waals surface area contributed by atoms with Gasteiger partial charge in [-0.3, -0.25) is 4.79 Å². The molecule has 0 bridgehead atoms. The van der Waals surface area contributed by atoms with Crippen molar-refractivity contribution in [3.8, 4) is 11.1 Å². The van der Waals surface area contributed by atoms with Crippen molar-refractivity contribution >= 4 is 18.5 Å². The molecule has 7 heteroatoms. The summed E-state index contributed by atoms with van der Waals surface area (Å²) in [4.78, 5) is 34.1.